The zero-order valence-corrected chi connectivity index (χ0v) is 14.1. The van der Waals surface area contributed by atoms with Gasteiger partial charge in [-0.2, -0.15) is 4.72 Å². The van der Waals surface area contributed by atoms with Gasteiger partial charge in [0.1, 0.15) is 4.21 Å². The van der Waals surface area contributed by atoms with Crippen LogP contribution in [0.3, 0.4) is 0 Å². The summed E-state index contributed by atoms with van der Waals surface area (Å²) in [6, 6.07) is 9.79. The van der Waals surface area contributed by atoms with Crippen LogP contribution in [0.15, 0.2) is 50.5 Å². The quantitative estimate of drug-likeness (QED) is 0.823. The number of rotatable bonds is 5. The molecule has 0 fully saturated rings. The number of carboxylic acid groups (broad SMARTS) is 1. The van der Waals surface area contributed by atoms with Crippen molar-refractivity contribution in [1.82, 2.24) is 4.72 Å². The Hall–Kier alpha value is -1.22. The van der Waals surface area contributed by atoms with Crippen molar-refractivity contribution < 1.29 is 18.3 Å². The van der Waals surface area contributed by atoms with Crippen LogP contribution in [0.4, 0.5) is 0 Å². The lowest BCUT2D eigenvalue weighted by molar-refractivity contribution is -0.143. The van der Waals surface area contributed by atoms with Gasteiger partial charge in [-0.05, 0) is 39.9 Å². The number of aliphatic carboxylic acids is 1. The number of halogens is 1. The predicted molar refractivity (Wildman–Crippen MR) is 83.8 cm³/mol. The molecule has 5 nitrogen and oxygen atoms in total. The van der Waals surface area contributed by atoms with Gasteiger partial charge in [-0.3, -0.25) is 0 Å². The van der Waals surface area contributed by atoms with E-state index in [9.17, 15) is 18.3 Å². The highest BCUT2D eigenvalue weighted by atomic mass is 79.9. The Labute approximate surface area is 134 Å². The third-order valence-corrected chi connectivity index (χ3v) is 7.17. The molecule has 1 aromatic carbocycles. The van der Waals surface area contributed by atoms with Gasteiger partial charge < -0.3 is 5.11 Å². The predicted octanol–water partition coefficient (Wildman–Crippen LogP) is 2.79. The minimum Gasteiger partial charge on any atom is -0.480 e. The lowest BCUT2D eigenvalue weighted by atomic mass is 9.94. The molecule has 1 aromatic heterocycles. The number of sulfonamides is 1. The topological polar surface area (TPSA) is 83.5 Å². The van der Waals surface area contributed by atoms with E-state index in [1.165, 1.54) is 6.92 Å². The zero-order chi connectivity index (χ0) is 15.7. The molecule has 1 atom stereocenters. The molecule has 8 heteroatoms. The van der Waals surface area contributed by atoms with Crippen LogP contribution in [0, 0.1) is 0 Å². The van der Waals surface area contributed by atoms with Gasteiger partial charge in [-0.15, -0.1) is 11.3 Å². The molecule has 0 aliphatic heterocycles. The van der Waals surface area contributed by atoms with Crippen molar-refractivity contribution in [3.63, 3.8) is 0 Å². The minimum atomic E-state index is -3.96. The second-order valence-electron chi connectivity index (χ2n) is 4.46. The number of benzene rings is 1. The normalized spacial score (nSPS) is 14.6. The standard InChI is InChI=1S/C13H12BrNO4S2/c1-13(12(16)17,9-5-3-2-4-6-9)15-21(18,19)11-10(14)7-8-20-11/h2-8,15H,1H3,(H,16,17). The number of hydrogen-bond donors (Lipinski definition) is 2. The van der Waals surface area contributed by atoms with Crippen molar-refractivity contribution in [3.05, 3.63) is 51.8 Å². The van der Waals surface area contributed by atoms with Crippen LogP contribution in [0.25, 0.3) is 0 Å². The second-order valence-corrected chi connectivity index (χ2v) is 8.11. The summed E-state index contributed by atoms with van der Waals surface area (Å²) in [5.74, 6) is -1.27. The maximum absolute atomic E-state index is 12.4. The van der Waals surface area contributed by atoms with Crippen LogP contribution in [-0.4, -0.2) is 19.5 Å². The molecule has 0 bridgehead atoms. The summed E-state index contributed by atoms with van der Waals surface area (Å²) in [5, 5.41) is 11.1. The van der Waals surface area contributed by atoms with E-state index in [4.69, 9.17) is 0 Å². The molecular formula is C13H12BrNO4S2. The van der Waals surface area contributed by atoms with Crippen LogP contribution < -0.4 is 4.72 Å². The highest BCUT2D eigenvalue weighted by Crippen LogP contribution is 2.30. The summed E-state index contributed by atoms with van der Waals surface area (Å²) >= 11 is 4.16. The van der Waals surface area contributed by atoms with Gasteiger partial charge in [0.05, 0.1) is 0 Å². The molecule has 0 saturated carbocycles. The molecule has 0 aliphatic carbocycles. The molecule has 0 spiro atoms. The summed E-state index contributed by atoms with van der Waals surface area (Å²) in [7, 11) is -3.96. The van der Waals surface area contributed by atoms with Crippen LogP contribution in [0.5, 0.6) is 0 Å². The fourth-order valence-corrected chi connectivity index (χ4v) is 5.48. The van der Waals surface area contributed by atoms with E-state index in [-0.39, 0.29) is 4.21 Å². The smallest absolute Gasteiger partial charge is 0.329 e. The Morgan fingerprint density at radius 2 is 1.90 bits per heavy atom. The molecule has 1 heterocycles. The molecule has 0 radical (unpaired) electrons. The van der Waals surface area contributed by atoms with Crippen molar-refractivity contribution in [2.24, 2.45) is 0 Å². The van der Waals surface area contributed by atoms with Gasteiger partial charge in [0.15, 0.2) is 5.54 Å². The number of thiophene rings is 1. The molecule has 2 rings (SSSR count). The van der Waals surface area contributed by atoms with E-state index in [1.807, 2.05) is 0 Å². The van der Waals surface area contributed by atoms with Gasteiger partial charge in [-0.1, -0.05) is 30.3 Å². The third kappa shape index (κ3) is 3.18. The maximum Gasteiger partial charge on any atom is 0.329 e. The van der Waals surface area contributed by atoms with Crippen molar-refractivity contribution in [2.45, 2.75) is 16.7 Å². The molecule has 0 saturated heterocycles. The van der Waals surface area contributed by atoms with Crippen molar-refractivity contribution in [2.75, 3.05) is 0 Å². The van der Waals surface area contributed by atoms with E-state index in [2.05, 4.69) is 20.7 Å². The third-order valence-electron chi connectivity index (χ3n) is 2.95. The average molecular weight is 390 g/mol. The fraction of sp³-hybridized carbons (Fsp3) is 0.154. The van der Waals surface area contributed by atoms with Crippen molar-refractivity contribution in [1.29, 1.82) is 0 Å². The molecule has 1 unspecified atom stereocenters. The van der Waals surface area contributed by atoms with Crippen LogP contribution >= 0.6 is 27.3 Å². The Bertz CT molecular complexity index is 757. The summed E-state index contributed by atoms with van der Waals surface area (Å²) < 4.78 is 27.6. The zero-order valence-electron chi connectivity index (χ0n) is 10.9. The van der Waals surface area contributed by atoms with Gasteiger partial charge in [0.2, 0.25) is 0 Å². The van der Waals surface area contributed by atoms with Crippen molar-refractivity contribution in [3.8, 4) is 0 Å². The number of carboxylic acids is 1. The fourth-order valence-electron chi connectivity index (χ4n) is 1.78. The number of carbonyl (C=O) groups is 1. The Balaban J connectivity index is 2.47. The highest BCUT2D eigenvalue weighted by molar-refractivity contribution is 9.10. The molecular weight excluding hydrogens is 378 g/mol. The van der Waals surface area contributed by atoms with Gasteiger partial charge >= 0.3 is 5.97 Å². The van der Waals surface area contributed by atoms with Crippen molar-refractivity contribution >= 4 is 43.3 Å². The van der Waals surface area contributed by atoms with Crippen LogP contribution in [-0.2, 0) is 20.4 Å². The molecule has 112 valence electrons. The van der Waals surface area contributed by atoms with E-state index in [0.29, 0.717) is 10.0 Å². The van der Waals surface area contributed by atoms with E-state index < -0.39 is 21.5 Å². The van der Waals surface area contributed by atoms with Gasteiger partial charge in [0.25, 0.3) is 10.0 Å². The lowest BCUT2D eigenvalue weighted by Crippen LogP contribution is -2.49. The second kappa shape index (κ2) is 5.88. The van der Waals surface area contributed by atoms with E-state index in [0.717, 1.165) is 11.3 Å². The highest BCUT2D eigenvalue weighted by Gasteiger charge is 2.40. The first kappa shape index (κ1) is 16.2. The molecule has 0 aliphatic rings. The first-order chi connectivity index (χ1) is 9.77. The SMILES string of the molecule is CC(NS(=O)(=O)c1sccc1Br)(C(=O)O)c1ccccc1. The molecule has 2 N–H and O–H groups in total. The Morgan fingerprint density at radius 3 is 2.38 bits per heavy atom. The van der Waals surface area contributed by atoms with E-state index in [1.54, 1.807) is 41.8 Å². The summed E-state index contributed by atoms with van der Waals surface area (Å²) in [5.41, 5.74) is -1.39. The Morgan fingerprint density at radius 1 is 1.29 bits per heavy atom. The summed E-state index contributed by atoms with van der Waals surface area (Å²) in [4.78, 5) is 11.6. The summed E-state index contributed by atoms with van der Waals surface area (Å²) in [6.07, 6.45) is 0. The minimum absolute atomic E-state index is 0.0471. The molecule has 2 aromatic rings. The largest absolute Gasteiger partial charge is 0.480 e. The summed E-state index contributed by atoms with van der Waals surface area (Å²) in [6.45, 7) is 1.32. The first-order valence-electron chi connectivity index (χ1n) is 5.83. The molecule has 0 amide bonds. The van der Waals surface area contributed by atoms with E-state index >= 15 is 0 Å². The van der Waals surface area contributed by atoms with Crippen LogP contribution in [0.1, 0.15) is 12.5 Å². The lowest BCUT2D eigenvalue weighted by Gasteiger charge is -2.26. The first-order valence-corrected chi connectivity index (χ1v) is 8.99. The van der Waals surface area contributed by atoms with Gasteiger partial charge in [-0.25, -0.2) is 13.2 Å². The van der Waals surface area contributed by atoms with Gasteiger partial charge in [0, 0.05) is 4.47 Å². The monoisotopic (exact) mass is 389 g/mol. The molecule has 21 heavy (non-hydrogen) atoms. The maximum atomic E-state index is 12.4. The average Bonchev–Trinajstić information content (AvgIpc) is 2.86. The number of nitrogens with one attached hydrogen (secondary N) is 1. The Kier molecular flexibility index (Phi) is 4.52. The van der Waals surface area contributed by atoms with Crippen LogP contribution in [0.2, 0.25) is 0 Å². The number of hydrogen-bond acceptors (Lipinski definition) is 4.